The third-order valence-electron chi connectivity index (χ3n) is 1.81. The Morgan fingerprint density at radius 2 is 2.29 bits per heavy atom. The molecule has 0 aliphatic carbocycles. The Morgan fingerprint density at radius 1 is 1.50 bits per heavy atom. The minimum atomic E-state index is -0.562. The number of hydrogen-bond acceptors (Lipinski definition) is 3. The first-order chi connectivity index (χ1) is 6.70. The van der Waals surface area contributed by atoms with E-state index in [-0.39, 0.29) is 11.4 Å². The zero-order valence-corrected chi connectivity index (χ0v) is 7.07. The molecule has 5 nitrogen and oxygen atoms in total. The monoisotopic (exact) mass is 194 g/mol. The number of nitrogens with one attached hydrogen (secondary N) is 1. The smallest absolute Gasteiger partial charge is 0.347 e. The van der Waals surface area contributed by atoms with Gasteiger partial charge in [0.05, 0.1) is 5.69 Å². The van der Waals surface area contributed by atoms with Gasteiger partial charge in [-0.05, 0) is 12.1 Å². The van der Waals surface area contributed by atoms with Gasteiger partial charge in [0.25, 0.3) is 0 Å². The molecule has 1 aromatic carbocycles. The fourth-order valence-corrected chi connectivity index (χ4v) is 1.19. The predicted molar refractivity (Wildman–Crippen MR) is 48.6 cm³/mol. The van der Waals surface area contributed by atoms with Gasteiger partial charge in [0.1, 0.15) is 17.8 Å². The molecule has 0 unspecified atom stereocenters. The van der Waals surface area contributed by atoms with Gasteiger partial charge in [-0.1, -0.05) is 6.07 Å². The molecule has 0 fully saturated rings. The molecule has 0 saturated heterocycles. The van der Waals surface area contributed by atoms with Crippen molar-refractivity contribution in [1.29, 1.82) is 0 Å². The molecule has 0 atom stereocenters. The molecule has 14 heavy (non-hydrogen) atoms. The highest BCUT2D eigenvalue weighted by Crippen LogP contribution is 2.18. The summed E-state index contributed by atoms with van der Waals surface area (Å²) in [5.41, 5.74) is 5.22. The fourth-order valence-electron chi connectivity index (χ4n) is 1.19. The van der Waals surface area contributed by atoms with Crippen LogP contribution in [0.3, 0.4) is 0 Å². The van der Waals surface area contributed by atoms with Crippen molar-refractivity contribution < 1.29 is 4.39 Å². The molecular weight excluding hydrogens is 187 g/mol. The van der Waals surface area contributed by atoms with Gasteiger partial charge >= 0.3 is 5.69 Å². The highest BCUT2D eigenvalue weighted by atomic mass is 19.1. The van der Waals surface area contributed by atoms with Crippen LogP contribution in [-0.4, -0.2) is 14.8 Å². The van der Waals surface area contributed by atoms with Crippen molar-refractivity contribution in [2.24, 2.45) is 0 Å². The van der Waals surface area contributed by atoms with Crippen LogP contribution < -0.4 is 11.4 Å². The number of aromatic nitrogens is 3. The van der Waals surface area contributed by atoms with Gasteiger partial charge in [-0.3, -0.25) is 0 Å². The van der Waals surface area contributed by atoms with Crippen molar-refractivity contribution in [1.82, 2.24) is 14.8 Å². The number of nitrogen functional groups attached to an aromatic ring is 1. The van der Waals surface area contributed by atoms with E-state index in [0.29, 0.717) is 0 Å². The number of H-pyrrole nitrogens is 1. The van der Waals surface area contributed by atoms with Crippen LogP contribution in [0.5, 0.6) is 0 Å². The van der Waals surface area contributed by atoms with E-state index < -0.39 is 11.5 Å². The summed E-state index contributed by atoms with van der Waals surface area (Å²) >= 11 is 0. The molecule has 0 aliphatic heterocycles. The van der Waals surface area contributed by atoms with E-state index in [1.54, 1.807) is 0 Å². The van der Waals surface area contributed by atoms with Gasteiger partial charge in [-0.15, -0.1) is 0 Å². The highest BCUT2D eigenvalue weighted by Gasteiger charge is 2.10. The highest BCUT2D eigenvalue weighted by molar-refractivity contribution is 5.57. The Kier molecular flexibility index (Phi) is 1.81. The fraction of sp³-hybridized carbons (Fsp3) is 0. The number of nitrogens with two attached hydrogens (primary N) is 1. The molecule has 1 aromatic heterocycles. The van der Waals surface area contributed by atoms with Crippen LogP contribution in [0.2, 0.25) is 0 Å². The van der Waals surface area contributed by atoms with Crippen LogP contribution >= 0.6 is 0 Å². The van der Waals surface area contributed by atoms with Gasteiger partial charge < -0.3 is 5.73 Å². The summed E-state index contributed by atoms with van der Waals surface area (Å²) in [5, 5.41) is 5.64. The summed E-state index contributed by atoms with van der Waals surface area (Å²) < 4.78 is 14.3. The van der Waals surface area contributed by atoms with Crippen LogP contribution in [0.4, 0.5) is 10.1 Å². The van der Waals surface area contributed by atoms with Crippen LogP contribution in [0.25, 0.3) is 5.69 Å². The summed E-state index contributed by atoms with van der Waals surface area (Å²) in [7, 11) is 0. The first kappa shape index (κ1) is 8.49. The molecule has 72 valence electrons. The van der Waals surface area contributed by atoms with Gasteiger partial charge in [-0.25, -0.2) is 18.9 Å². The molecule has 0 spiro atoms. The number of hydrogen-bond donors (Lipinski definition) is 2. The number of aromatic amines is 1. The topological polar surface area (TPSA) is 76.7 Å². The Hall–Kier alpha value is -2.11. The van der Waals surface area contributed by atoms with Gasteiger partial charge in [-0.2, -0.15) is 5.10 Å². The van der Waals surface area contributed by atoms with Crippen LogP contribution in [0, 0.1) is 5.82 Å². The maximum atomic E-state index is 13.3. The van der Waals surface area contributed by atoms with E-state index >= 15 is 0 Å². The largest absolute Gasteiger partial charge is 0.397 e. The van der Waals surface area contributed by atoms with Crippen LogP contribution in [-0.2, 0) is 0 Å². The van der Waals surface area contributed by atoms with E-state index in [9.17, 15) is 9.18 Å². The lowest BCUT2D eigenvalue weighted by Crippen LogP contribution is -2.16. The Balaban J connectivity index is 2.74. The second-order valence-corrected chi connectivity index (χ2v) is 2.71. The Morgan fingerprint density at radius 3 is 2.86 bits per heavy atom. The molecule has 1 heterocycles. The SMILES string of the molecule is Nc1cccc(F)c1-n1cn[nH]c1=O. The molecule has 0 radical (unpaired) electrons. The van der Waals surface area contributed by atoms with Gasteiger partial charge in [0.15, 0.2) is 0 Å². The van der Waals surface area contributed by atoms with E-state index in [2.05, 4.69) is 10.2 Å². The van der Waals surface area contributed by atoms with Crippen molar-refractivity contribution in [3.63, 3.8) is 0 Å². The van der Waals surface area contributed by atoms with E-state index in [4.69, 9.17) is 5.73 Å². The molecule has 2 aromatic rings. The van der Waals surface area contributed by atoms with E-state index in [1.165, 1.54) is 24.5 Å². The average molecular weight is 194 g/mol. The third kappa shape index (κ3) is 1.17. The zero-order chi connectivity index (χ0) is 10.1. The van der Waals surface area contributed by atoms with Crippen LogP contribution in [0.1, 0.15) is 0 Å². The first-order valence-corrected chi connectivity index (χ1v) is 3.86. The number of para-hydroxylation sites is 1. The standard InChI is InChI=1S/C8H7FN4O/c9-5-2-1-3-6(10)7(5)13-4-11-12-8(13)14/h1-4H,10H2,(H,12,14). The van der Waals surface area contributed by atoms with Crippen molar-refractivity contribution in [3.05, 3.63) is 40.8 Å². The number of benzene rings is 1. The minimum absolute atomic E-state index is 0.0197. The van der Waals surface area contributed by atoms with Crippen molar-refractivity contribution in [2.75, 3.05) is 5.73 Å². The zero-order valence-electron chi connectivity index (χ0n) is 7.07. The molecule has 0 aliphatic rings. The van der Waals surface area contributed by atoms with E-state index in [0.717, 1.165) is 4.57 Å². The van der Waals surface area contributed by atoms with Crippen LogP contribution in [0.15, 0.2) is 29.3 Å². The average Bonchev–Trinajstić information content (AvgIpc) is 2.52. The lowest BCUT2D eigenvalue weighted by Gasteiger charge is -2.04. The molecular formula is C8H7FN4O. The number of anilines is 1. The molecule has 0 saturated carbocycles. The van der Waals surface area contributed by atoms with Gasteiger partial charge in [0, 0.05) is 0 Å². The third-order valence-corrected chi connectivity index (χ3v) is 1.81. The molecule has 0 bridgehead atoms. The molecule has 2 rings (SSSR count). The lowest BCUT2D eigenvalue weighted by molar-refractivity contribution is 0.617. The quantitative estimate of drug-likeness (QED) is 0.640. The molecule has 6 heteroatoms. The molecule has 3 N–H and O–H groups in total. The number of halogens is 1. The summed E-state index contributed by atoms with van der Waals surface area (Å²) in [4.78, 5) is 11.1. The van der Waals surface area contributed by atoms with Gasteiger partial charge in [0.2, 0.25) is 0 Å². The second-order valence-electron chi connectivity index (χ2n) is 2.71. The Bertz CT molecular complexity index is 496. The normalized spacial score (nSPS) is 10.4. The van der Waals surface area contributed by atoms with Crippen molar-refractivity contribution in [2.45, 2.75) is 0 Å². The minimum Gasteiger partial charge on any atom is -0.397 e. The number of rotatable bonds is 1. The summed E-state index contributed by atoms with van der Waals surface area (Å²) in [6, 6.07) is 4.21. The van der Waals surface area contributed by atoms with Crippen molar-refractivity contribution in [3.8, 4) is 5.69 Å². The maximum Gasteiger partial charge on any atom is 0.347 e. The summed E-state index contributed by atoms with van der Waals surface area (Å²) in [6.07, 6.45) is 1.18. The second kappa shape index (κ2) is 2.99. The van der Waals surface area contributed by atoms with E-state index in [1.807, 2.05) is 0 Å². The summed E-state index contributed by atoms with van der Waals surface area (Å²) in [5.74, 6) is -0.562. The molecule has 0 amide bonds. The lowest BCUT2D eigenvalue weighted by atomic mass is 10.2. The maximum absolute atomic E-state index is 13.3. The van der Waals surface area contributed by atoms with Crippen molar-refractivity contribution >= 4 is 5.69 Å². The summed E-state index contributed by atoms with van der Waals surface area (Å²) in [6.45, 7) is 0. The number of nitrogens with zero attached hydrogens (tertiary/aromatic N) is 2. The first-order valence-electron chi connectivity index (χ1n) is 3.86. The Labute approximate surface area is 78.0 Å². The predicted octanol–water partition coefficient (Wildman–Crippen LogP) is 0.282.